The van der Waals surface area contributed by atoms with Crippen molar-refractivity contribution in [2.24, 2.45) is 0 Å². The van der Waals surface area contributed by atoms with Crippen molar-refractivity contribution in [3.63, 3.8) is 0 Å². The number of anilines is 1. The molecule has 1 N–H and O–H groups in total. The van der Waals surface area contributed by atoms with Crippen LogP contribution in [0.4, 0.5) is 14.6 Å². The molecule has 0 bridgehead atoms. The number of halogens is 2. The molecule has 2 amide bonds. The van der Waals surface area contributed by atoms with Crippen molar-refractivity contribution in [3.05, 3.63) is 101 Å². The highest BCUT2D eigenvalue weighted by Crippen LogP contribution is 2.49. The molecule has 40 heavy (non-hydrogen) atoms. The van der Waals surface area contributed by atoms with Crippen LogP contribution in [0.25, 0.3) is 16.9 Å². The fourth-order valence-corrected chi connectivity index (χ4v) is 6.36. The van der Waals surface area contributed by atoms with Gasteiger partial charge in [-0.05, 0) is 44.4 Å². The minimum Gasteiger partial charge on any atom is -0.352 e. The number of nitrogens with one attached hydrogen (secondary N) is 1. The molecule has 1 atom stereocenters. The summed E-state index contributed by atoms with van der Waals surface area (Å²) in [5, 5.41) is 7.34. The van der Waals surface area contributed by atoms with E-state index in [0.29, 0.717) is 17.1 Å². The molecule has 4 aromatic rings. The molecule has 9 heteroatoms. The standard InChI is InChI=1S/C31H28F2N4O2S/c1-18-8-13-25(19(2)14-18)37-31-28(29(35-37)20-6-4-3-5-7-20)30(23-12-9-21(32)15-24(23)33)40-17-27(39)36(31)16-26(38)34-22-10-11-22/h3-9,12-15,22,30H,10-11,16-17H2,1-2H3,(H,34,38)/t30-/m0/s1. The van der Waals surface area contributed by atoms with E-state index in [0.717, 1.165) is 41.3 Å². The fraction of sp³-hybridized carbons (Fsp3) is 0.258. The number of amides is 2. The summed E-state index contributed by atoms with van der Waals surface area (Å²) in [6.45, 7) is 3.78. The van der Waals surface area contributed by atoms with Crippen molar-refractivity contribution in [3.8, 4) is 16.9 Å². The van der Waals surface area contributed by atoms with Gasteiger partial charge in [0, 0.05) is 28.8 Å². The van der Waals surface area contributed by atoms with Gasteiger partial charge in [-0.1, -0.05) is 54.1 Å². The van der Waals surface area contributed by atoms with Crippen LogP contribution in [0.3, 0.4) is 0 Å². The van der Waals surface area contributed by atoms with Gasteiger partial charge in [0.15, 0.2) is 0 Å². The lowest BCUT2D eigenvalue weighted by Crippen LogP contribution is -2.43. The molecule has 1 saturated carbocycles. The maximum absolute atomic E-state index is 15.3. The first kappa shape index (κ1) is 26.3. The zero-order chi connectivity index (χ0) is 28.0. The Hall–Kier alpha value is -3.98. The van der Waals surface area contributed by atoms with E-state index in [4.69, 9.17) is 5.10 Å². The number of hydrogen-bond donors (Lipinski definition) is 1. The molecule has 1 aromatic heterocycles. The van der Waals surface area contributed by atoms with Gasteiger partial charge in [0.1, 0.15) is 24.0 Å². The molecular formula is C31H28F2N4O2S. The molecule has 1 aliphatic carbocycles. The van der Waals surface area contributed by atoms with E-state index in [-0.39, 0.29) is 35.7 Å². The second-order valence-electron chi connectivity index (χ2n) is 10.3. The van der Waals surface area contributed by atoms with Crippen molar-refractivity contribution in [2.45, 2.75) is 38.0 Å². The average molecular weight is 559 g/mol. The summed E-state index contributed by atoms with van der Waals surface area (Å²) in [6, 6.07) is 19.1. The van der Waals surface area contributed by atoms with E-state index < -0.39 is 16.9 Å². The number of carbonyl (C=O) groups excluding carboxylic acids is 2. The first-order valence-electron chi connectivity index (χ1n) is 13.2. The second-order valence-corrected chi connectivity index (χ2v) is 11.4. The Kier molecular flexibility index (Phi) is 6.92. The van der Waals surface area contributed by atoms with Gasteiger partial charge in [0.05, 0.1) is 22.4 Å². The Balaban J connectivity index is 1.63. The zero-order valence-electron chi connectivity index (χ0n) is 22.2. The number of aryl methyl sites for hydroxylation is 2. The van der Waals surface area contributed by atoms with Crippen LogP contribution in [0.5, 0.6) is 0 Å². The summed E-state index contributed by atoms with van der Waals surface area (Å²) in [5.41, 5.74) is 4.96. The van der Waals surface area contributed by atoms with Crippen LogP contribution in [-0.2, 0) is 9.59 Å². The quantitative estimate of drug-likeness (QED) is 0.321. The van der Waals surface area contributed by atoms with Gasteiger partial charge in [-0.2, -0.15) is 5.10 Å². The normalized spacial score (nSPS) is 16.9. The summed E-state index contributed by atoms with van der Waals surface area (Å²) in [7, 11) is 0. The zero-order valence-corrected chi connectivity index (χ0v) is 23.0. The molecule has 0 radical (unpaired) electrons. The molecule has 0 spiro atoms. The maximum Gasteiger partial charge on any atom is 0.240 e. The van der Waals surface area contributed by atoms with Gasteiger partial charge in [-0.15, -0.1) is 11.8 Å². The van der Waals surface area contributed by atoms with Crippen LogP contribution in [-0.4, -0.2) is 39.9 Å². The third-order valence-corrected chi connectivity index (χ3v) is 8.44. The van der Waals surface area contributed by atoms with Crippen LogP contribution in [0.15, 0.2) is 66.7 Å². The van der Waals surface area contributed by atoms with Gasteiger partial charge >= 0.3 is 0 Å². The molecule has 6 rings (SSSR count). The molecule has 0 unspecified atom stereocenters. The minimum absolute atomic E-state index is 0.00792. The maximum atomic E-state index is 15.3. The molecule has 1 aliphatic heterocycles. The van der Waals surface area contributed by atoms with Crippen molar-refractivity contribution in [1.82, 2.24) is 15.1 Å². The number of benzene rings is 3. The molecule has 2 heterocycles. The number of fused-ring (bicyclic) bond motifs is 1. The number of rotatable bonds is 6. The van der Waals surface area contributed by atoms with Gasteiger partial charge < -0.3 is 5.32 Å². The highest BCUT2D eigenvalue weighted by molar-refractivity contribution is 8.00. The van der Waals surface area contributed by atoms with E-state index in [1.165, 1.54) is 28.8 Å². The molecule has 0 saturated heterocycles. The van der Waals surface area contributed by atoms with Crippen molar-refractivity contribution in [1.29, 1.82) is 0 Å². The van der Waals surface area contributed by atoms with E-state index >= 15 is 4.39 Å². The number of carbonyl (C=O) groups is 2. The minimum atomic E-state index is -0.700. The van der Waals surface area contributed by atoms with Gasteiger partial charge in [0.25, 0.3) is 0 Å². The molecule has 1 fully saturated rings. The number of thioether (sulfide) groups is 1. The fourth-order valence-electron chi connectivity index (χ4n) is 5.14. The highest BCUT2D eigenvalue weighted by atomic mass is 32.2. The average Bonchev–Trinajstić information content (AvgIpc) is 3.68. The first-order valence-corrected chi connectivity index (χ1v) is 14.3. The topological polar surface area (TPSA) is 67.2 Å². The summed E-state index contributed by atoms with van der Waals surface area (Å²) < 4.78 is 31.0. The van der Waals surface area contributed by atoms with Gasteiger partial charge in [0.2, 0.25) is 11.8 Å². The predicted molar refractivity (Wildman–Crippen MR) is 153 cm³/mol. The van der Waals surface area contributed by atoms with Crippen molar-refractivity contribution >= 4 is 29.4 Å². The third-order valence-electron chi connectivity index (χ3n) is 7.21. The van der Waals surface area contributed by atoms with E-state index in [2.05, 4.69) is 5.32 Å². The lowest BCUT2D eigenvalue weighted by atomic mass is 9.99. The molecular weight excluding hydrogens is 530 g/mol. The van der Waals surface area contributed by atoms with E-state index in [1.54, 1.807) is 4.68 Å². The first-order chi connectivity index (χ1) is 19.3. The lowest BCUT2D eigenvalue weighted by molar-refractivity contribution is -0.123. The largest absolute Gasteiger partial charge is 0.352 e. The highest BCUT2D eigenvalue weighted by Gasteiger charge is 2.39. The summed E-state index contributed by atoms with van der Waals surface area (Å²) >= 11 is 1.25. The Morgan fingerprint density at radius 2 is 1.82 bits per heavy atom. The molecule has 6 nitrogen and oxygen atoms in total. The van der Waals surface area contributed by atoms with Crippen LogP contribution in [0.1, 0.15) is 40.3 Å². The van der Waals surface area contributed by atoms with Crippen LogP contribution in [0, 0.1) is 25.5 Å². The van der Waals surface area contributed by atoms with Gasteiger partial charge in [-0.25, -0.2) is 13.5 Å². The third kappa shape index (κ3) is 5.01. The molecule has 3 aromatic carbocycles. The van der Waals surface area contributed by atoms with E-state index in [9.17, 15) is 14.0 Å². The van der Waals surface area contributed by atoms with Crippen molar-refractivity contribution < 1.29 is 18.4 Å². The Morgan fingerprint density at radius 1 is 1.05 bits per heavy atom. The number of aromatic nitrogens is 2. The Labute approximate surface area is 235 Å². The Morgan fingerprint density at radius 3 is 2.52 bits per heavy atom. The SMILES string of the molecule is Cc1ccc(-n2nc(-c3ccccc3)c3c2N(CC(=O)NC2CC2)C(=O)CS[C@H]3c2ccc(F)cc2F)c(C)c1. The predicted octanol–water partition coefficient (Wildman–Crippen LogP) is 5.88. The second kappa shape index (κ2) is 10.5. The van der Waals surface area contributed by atoms with Crippen LogP contribution >= 0.6 is 11.8 Å². The number of nitrogens with zero attached hydrogens (tertiary/aromatic N) is 3. The lowest BCUT2D eigenvalue weighted by Gasteiger charge is -2.24. The smallest absolute Gasteiger partial charge is 0.240 e. The van der Waals surface area contributed by atoms with E-state index in [1.807, 2.05) is 62.4 Å². The Bertz CT molecular complexity index is 1620. The molecule has 204 valence electrons. The van der Waals surface area contributed by atoms with Crippen LogP contribution < -0.4 is 10.2 Å². The van der Waals surface area contributed by atoms with Gasteiger partial charge in [-0.3, -0.25) is 14.5 Å². The van der Waals surface area contributed by atoms with Crippen LogP contribution in [0.2, 0.25) is 0 Å². The summed E-state index contributed by atoms with van der Waals surface area (Å²) in [5.74, 6) is -1.49. The monoisotopic (exact) mass is 558 g/mol. The summed E-state index contributed by atoms with van der Waals surface area (Å²) in [4.78, 5) is 28.3. The summed E-state index contributed by atoms with van der Waals surface area (Å²) in [6.07, 6.45) is 1.84. The number of hydrogen-bond acceptors (Lipinski definition) is 4. The molecule has 2 aliphatic rings. The van der Waals surface area contributed by atoms with Crippen molar-refractivity contribution in [2.75, 3.05) is 17.2 Å².